The molecule has 44 heavy (non-hydrogen) atoms. The molecule has 2 heterocycles. The van der Waals surface area contributed by atoms with Gasteiger partial charge in [-0.2, -0.15) is 0 Å². The highest BCUT2D eigenvalue weighted by atomic mass is 16.3. The lowest BCUT2D eigenvalue weighted by Gasteiger charge is -2.46. The average Bonchev–Trinajstić information content (AvgIpc) is 3.46. The van der Waals surface area contributed by atoms with Crippen molar-refractivity contribution in [2.45, 2.75) is 43.3 Å². The zero-order chi connectivity index (χ0) is 30.4. The Balaban J connectivity index is 1.31. The first-order valence-corrected chi connectivity index (χ1v) is 15.3. The molecule has 1 saturated carbocycles. The lowest BCUT2D eigenvalue weighted by molar-refractivity contribution is -0.0952. The lowest BCUT2D eigenvalue weighted by atomic mass is 9.63. The number of fused-ring (bicyclic) bond motifs is 1. The number of aryl methyl sites for hydroxylation is 1. The van der Waals surface area contributed by atoms with Gasteiger partial charge in [-0.05, 0) is 54.7 Å². The maximum atomic E-state index is 13.6. The fraction of sp³-hybridized carbons (Fsp3) is 0.237. The van der Waals surface area contributed by atoms with Crippen LogP contribution < -0.4 is 10.5 Å². The summed E-state index contributed by atoms with van der Waals surface area (Å²) < 4.78 is 1.49. The standard InChI is InChI=1S/C38H37N3O3/c1-25-33(37(44)41(39-25)28-18-10-5-11-19-28)34-35(42)29(36(34)43)22-32-38(23-26-14-6-3-7-15-26,24-27-16-8-4-9-17-27)30-20-12-13-21-31(30)40(32)2/h3-22,29,34-36,39,42-43H,23-24H2,1-2H3. The highest BCUT2D eigenvalue weighted by Gasteiger charge is 2.53. The summed E-state index contributed by atoms with van der Waals surface area (Å²) in [4.78, 5) is 15.8. The number of para-hydroxylation sites is 2. The second kappa shape index (κ2) is 11.1. The number of H-pyrrole nitrogens is 1. The number of hydrogen-bond donors (Lipinski definition) is 3. The van der Waals surface area contributed by atoms with Gasteiger partial charge in [-0.1, -0.05) is 103 Å². The van der Waals surface area contributed by atoms with E-state index in [2.05, 4.69) is 95.9 Å². The van der Waals surface area contributed by atoms with Crippen molar-refractivity contribution in [1.82, 2.24) is 9.78 Å². The minimum atomic E-state index is -0.910. The molecule has 222 valence electrons. The van der Waals surface area contributed by atoms with Gasteiger partial charge in [-0.25, -0.2) is 4.68 Å². The van der Waals surface area contributed by atoms with Gasteiger partial charge in [0.15, 0.2) is 0 Å². The van der Waals surface area contributed by atoms with E-state index in [4.69, 9.17) is 0 Å². The number of anilines is 1. The summed E-state index contributed by atoms with van der Waals surface area (Å²) in [5.41, 5.74) is 6.98. The van der Waals surface area contributed by atoms with E-state index in [0.29, 0.717) is 16.9 Å². The predicted molar refractivity (Wildman–Crippen MR) is 174 cm³/mol. The largest absolute Gasteiger partial charge is 0.392 e. The van der Waals surface area contributed by atoms with Crippen molar-refractivity contribution >= 4 is 5.69 Å². The lowest BCUT2D eigenvalue weighted by Crippen LogP contribution is -2.54. The van der Waals surface area contributed by atoms with E-state index in [-0.39, 0.29) is 5.56 Å². The van der Waals surface area contributed by atoms with Gasteiger partial charge in [-0.3, -0.25) is 9.89 Å². The second-order valence-electron chi connectivity index (χ2n) is 12.2. The van der Waals surface area contributed by atoms with E-state index in [9.17, 15) is 15.0 Å². The van der Waals surface area contributed by atoms with Gasteiger partial charge in [0.2, 0.25) is 0 Å². The number of nitrogens with zero attached hydrogens (tertiary/aromatic N) is 2. The number of nitrogens with one attached hydrogen (secondary N) is 1. The smallest absolute Gasteiger partial charge is 0.275 e. The third-order valence-electron chi connectivity index (χ3n) is 9.67. The summed E-state index contributed by atoms with van der Waals surface area (Å²) in [7, 11) is 2.08. The summed E-state index contributed by atoms with van der Waals surface area (Å²) in [6.07, 6.45) is 1.78. The number of rotatable bonds is 7. The quantitative estimate of drug-likeness (QED) is 0.231. The fourth-order valence-corrected chi connectivity index (χ4v) is 7.52. The molecule has 0 amide bonds. The molecule has 0 bridgehead atoms. The molecule has 5 aromatic rings. The molecule has 6 heteroatoms. The zero-order valence-electron chi connectivity index (χ0n) is 25.0. The molecule has 6 nitrogen and oxygen atoms in total. The molecular formula is C38H37N3O3. The molecule has 1 aliphatic heterocycles. The topological polar surface area (TPSA) is 81.5 Å². The van der Waals surface area contributed by atoms with Gasteiger partial charge in [0.05, 0.1) is 17.9 Å². The van der Waals surface area contributed by atoms with Gasteiger partial charge in [0, 0.05) is 46.9 Å². The van der Waals surface area contributed by atoms with E-state index >= 15 is 0 Å². The number of aromatic nitrogens is 2. The van der Waals surface area contributed by atoms with Crippen LogP contribution in [0.3, 0.4) is 0 Å². The van der Waals surface area contributed by atoms with E-state index in [1.165, 1.54) is 21.4 Å². The second-order valence-corrected chi connectivity index (χ2v) is 12.2. The van der Waals surface area contributed by atoms with Crippen LogP contribution in [0.15, 0.2) is 132 Å². The van der Waals surface area contributed by atoms with Crippen LogP contribution in [0.4, 0.5) is 5.69 Å². The molecule has 2 aliphatic rings. The number of likely N-dealkylation sites (N-methyl/N-ethyl adjacent to an activating group) is 1. The van der Waals surface area contributed by atoms with Crippen molar-refractivity contribution in [2.75, 3.05) is 11.9 Å². The highest BCUT2D eigenvalue weighted by molar-refractivity contribution is 5.71. The molecular weight excluding hydrogens is 546 g/mol. The highest BCUT2D eigenvalue weighted by Crippen LogP contribution is 2.53. The Kier molecular flexibility index (Phi) is 7.11. The van der Waals surface area contributed by atoms with Gasteiger partial charge in [-0.15, -0.1) is 0 Å². The number of benzene rings is 4. The van der Waals surface area contributed by atoms with Crippen molar-refractivity contribution in [3.63, 3.8) is 0 Å². The van der Waals surface area contributed by atoms with E-state index < -0.39 is 29.5 Å². The zero-order valence-corrected chi connectivity index (χ0v) is 25.0. The molecule has 7 rings (SSSR count). The first kappa shape index (κ1) is 28.1. The summed E-state index contributed by atoms with van der Waals surface area (Å²) in [6, 6.07) is 38.9. The molecule has 1 aromatic heterocycles. The van der Waals surface area contributed by atoms with Crippen molar-refractivity contribution in [1.29, 1.82) is 0 Å². The van der Waals surface area contributed by atoms with Gasteiger partial charge in [0.1, 0.15) is 0 Å². The molecule has 2 atom stereocenters. The number of aliphatic hydroxyl groups is 2. The Morgan fingerprint density at radius 3 is 1.89 bits per heavy atom. The van der Waals surface area contributed by atoms with E-state index in [1.807, 2.05) is 49.4 Å². The van der Waals surface area contributed by atoms with Crippen LogP contribution in [0.25, 0.3) is 5.69 Å². The maximum Gasteiger partial charge on any atom is 0.275 e. The summed E-state index contributed by atoms with van der Waals surface area (Å²) >= 11 is 0. The van der Waals surface area contributed by atoms with Crippen LogP contribution in [-0.2, 0) is 18.3 Å². The summed E-state index contributed by atoms with van der Waals surface area (Å²) in [6.45, 7) is 1.83. The number of aromatic amines is 1. The van der Waals surface area contributed by atoms with Gasteiger partial charge in [0.25, 0.3) is 5.56 Å². The van der Waals surface area contributed by atoms with E-state index in [0.717, 1.165) is 24.2 Å². The number of allylic oxidation sites excluding steroid dienone is 1. The predicted octanol–water partition coefficient (Wildman–Crippen LogP) is 5.67. The third-order valence-corrected chi connectivity index (χ3v) is 9.67. The Morgan fingerprint density at radius 2 is 1.30 bits per heavy atom. The Morgan fingerprint density at radius 1 is 0.773 bits per heavy atom. The first-order chi connectivity index (χ1) is 21.4. The molecule has 0 spiro atoms. The van der Waals surface area contributed by atoms with Gasteiger partial charge < -0.3 is 15.1 Å². The Labute approximate surface area is 257 Å². The van der Waals surface area contributed by atoms with Crippen LogP contribution >= 0.6 is 0 Å². The first-order valence-electron chi connectivity index (χ1n) is 15.3. The van der Waals surface area contributed by atoms with Crippen molar-refractivity contribution in [3.05, 3.63) is 165 Å². The Bertz CT molecular complexity index is 1810. The molecule has 4 aromatic carbocycles. The molecule has 1 aliphatic carbocycles. The molecule has 1 fully saturated rings. The van der Waals surface area contributed by atoms with Crippen LogP contribution in [-0.4, -0.2) is 39.2 Å². The normalized spacial score (nSPS) is 23.0. The minimum Gasteiger partial charge on any atom is -0.392 e. The van der Waals surface area contributed by atoms with Gasteiger partial charge >= 0.3 is 0 Å². The molecule has 3 N–H and O–H groups in total. The van der Waals surface area contributed by atoms with Crippen LogP contribution in [0, 0.1) is 12.8 Å². The monoisotopic (exact) mass is 583 g/mol. The number of aliphatic hydroxyl groups excluding tert-OH is 2. The summed E-state index contributed by atoms with van der Waals surface area (Å²) in [5.74, 6) is -1.21. The maximum absolute atomic E-state index is 13.6. The number of hydrogen-bond acceptors (Lipinski definition) is 4. The molecule has 2 unspecified atom stereocenters. The van der Waals surface area contributed by atoms with Crippen LogP contribution in [0.2, 0.25) is 0 Å². The van der Waals surface area contributed by atoms with Crippen LogP contribution in [0.5, 0.6) is 0 Å². The summed E-state index contributed by atoms with van der Waals surface area (Å²) in [5, 5.41) is 26.4. The SMILES string of the molecule is Cc1[nH]n(-c2ccccc2)c(=O)c1C1C(O)C(C=C2N(C)c3ccccc3C2(Cc2ccccc2)Cc2ccccc2)C1O. The minimum absolute atomic E-state index is 0.240. The average molecular weight is 584 g/mol. The van der Waals surface area contributed by atoms with Crippen molar-refractivity contribution in [2.24, 2.45) is 5.92 Å². The fourth-order valence-electron chi connectivity index (χ4n) is 7.52. The molecule has 0 saturated heterocycles. The molecule has 0 radical (unpaired) electrons. The third kappa shape index (κ3) is 4.53. The van der Waals surface area contributed by atoms with Crippen molar-refractivity contribution in [3.8, 4) is 5.69 Å². The Hall–Kier alpha value is -4.65. The van der Waals surface area contributed by atoms with E-state index in [1.54, 1.807) is 0 Å². The van der Waals surface area contributed by atoms with Crippen molar-refractivity contribution < 1.29 is 10.2 Å². The van der Waals surface area contributed by atoms with Crippen LogP contribution in [0.1, 0.15) is 33.9 Å².